The van der Waals surface area contributed by atoms with Crippen LogP contribution in [0.1, 0.15) is 81.5 Å². The van der Waals surface area contributed by atoms with Crippen LogP contribution in [-0.2, 0) is 7.05 Å². The van der Waals surface area contributed by atoms with Gasteiger partial charge in [0.2, 0.25) is 5.52 Å². The molecule has 3 heteroatoms. The molecule has 0 fully saturated rings. The van der Waals surface area contributed by atoms with Gasteiger partial charge in [-0.05, 0) is 81.6 Å². The zero-order valence-corrected chi connectivity index (χ0v) is 25.9. The van der Waals surface area contributed by atoms with E-state index in [1.807, 2.05) is 6.07 Å². The van der Waals surface area contributed by atoms with E-state index in [0.717, 1.165) is 5.52 Å². The van der Waals surface area contributed by atoms with E-state index in [1.54, 1.807) is 0 Å². The van der Waals surface area contributed by atoms with E-state index in [0.29, 0.717) is 23.4 Å². The summed E-state index contributed by atoms with van der Waals surface area (Å²) in [5, 5.41) is 6.24. The van der Waals surface area contributed by atoms with E-state index in [9.17, 15) is 0 Å². The van der Waals surface area contributed by atoms with Crippen molar-refractivity contribution in [1.82, 2.24) is 4.40 Å². The quantitative estimate of drug-likeness (QED) is 0.0898. The second-order valence-corrected chi connectivity index (χ2v) is 13.1. The molecule has 0 atom stereocenters. The van der Waals surface area contributed by atoms with Crippen molar-refractivity contribution in [1.29, 1.82) is 0 Å². The van der Waals surface area contributed by atoms with Crippen LogP contribution in [0.2, 0.25) is 0 Å². The number of nitrogens with zero attached hydrogens (tertiary/aromatic N) is 3. The summed E-state index contributed by atoms with van der Waals surface area (Å²) in [6.07, 6.45) is 2.22. The number of aryl methyl sites for hydroxylation is 2. The highest BCUT2D eigenvalue weighted by atomic mass is 15.0. The van der Waals surface area contributed by atoms with Crippen LogP contribution in [0.25, 0.3) is 65.0 Å². The molecular weight excluding hydrogens is 510 g/mol. The maximum atomic E-state index is 7.76. The lowest BCUT2D eigenvalue weighted by Crippen LogP contribution is -2.28. The van der Waals surface area contributed by atoms with Crippen molar-refractivity contribution >= 4 is 54.7 Å². The van der Waals surface area contributed by atoms with Gasteiger partial charge < -0.3 is 4.40 Å². The van der Waals surface area contributed by atoms with Crippen LogP contribution in [-0.4, -0.2) is 4.40 Å². The van der Waals surface area contributed by atoms with Gasteiger partial charge in [-0.25, -0.2) is 9.41 Å². The van der Waals surface area contributed by atoms with E-state index in [-0.39, 0.29) is 0 Å². The molecule has 7 rings (SSSR count). The third kappa shape index (κ3) is 3.61. The van der Waals surface area contributed by atoms with Crippen molar-refractivity contribution in [3.05, 3.63) is 101 Å². The summed E-state index contributed by atoms with van der Waals surface area (Å²) >= 11 is 0. The van der Waals surface area contributed by atoms with E-state index in [1.165, 1.54) is 76.9 Å². The fourth-order valence-electron chi connectivity index (χ4n) is 7.21. The average molecular weight is 549 g/mol. The molecule has 208 valence electrons. The Morgan fingerprint density at radius 1 is 0.738 bits per heavy atom. The molecule has 0 N–H and O–H groups in total. The summed E-state index contributed by atoms with van der Waals surface area (Å²) in [6.45, 7) is 23.9. The molecule has 0 saturated carbocycles. The van der Waals surface area contributed by atoms with Crippen LogP contribution >= 0.6 is 0 Å². The Labute approximate surface area is 248 Å². The summed E-state index contributed by atoms with van der Waals surface area (Å²) < 4.78 is 4.74. The zero-order valence-electron chi connectivity index (χ0n) is 25.9. The molecule has 0 bridgehead atoms. The number of aromatic nitrogens is 2. The van der Waals surface area contributed by atoms with Crippen molar-refractivity contribution in [3.63, 3.8) is 0 Å². The molecule has 3 aromatic heterocycles. The van der Waals surface area contributed by atoms with Crippen molar-refractivity contribution in [2.45, 2.75) is 66.2 Å². The molecule has 3 heterocycles. The number of benzene rings is 4. The second-order valence-electron chi connectivity index (χ2n) is 13.1. The fourth-order valence-corrected chi connectivity index (χ4v) is 7.21. The molecule has 0 amide bonds. The smallest absolute Gasteiger partial charge is 0.224 e. The predicted octanol–water partition coefficient (Wildman–Crippen LogP) is 10.7. The van der Waals surface area contributed by atoms with Crippen molar-refractivity contribution in [2.75, 3.05) is 0 Å². The summed E-state index contributed by atoms with van der Waals surface area (Å²) in [5.41, 5.74) is 13.6. The van der Waals surface area contributed by atoms with Gasteiger partial charge >= 0.3 is 0 Å². The third-order valence-corrected chi connectivity index (χ3v) is 9.37. The monoisotopic (exact) mass is 548 g/mol. The number of hydrogen-bond donors (Lipinski definition) is 0. The molecule has 7 aromatic rings. The summed E-state index contributed by atoms with van der Waals surface area (Å²) in [6, 6.07) is 22.7. The topological polar surface area (TPSA) is 12.6 Å². The van der Waals surface area contributed by atoms with Gasteiger partial charge in [-0.15, -0.1) is 0 Å². The van der Waals surface area contributed by atoms with Gasteiger partial charge in [0.15, 0.2) is 11.9 Å². The highest BCUT2D eigenvalue weighted by Crippen LogP contribution is 2.45. The molecule has 4 aromatic carbocycles. The van der Waals surface area contributed by atoms with Crippen LogP contribution in [0.5, 0.6) is 0 Å². The maximum Gasteiger partial charge on any atom is 0.224 e. The minimum absolute atomic E-state index is 0.399. The Balaban J connectivity index is 1.75. The minimum atomic E-state index is 0.399. The standard InChI is InChI=1S/C39H38N3/c1-21(2)26-17-31(22(3)4)36(32(18-26)23(5)6)27-16-25-14-15-41(9)39-35-24(7)10-12-30-29-13-11-28(40-8)20-33(29)42(38(30)35)34(19-27)37(25)39/h10-23H,1-7,9H3/q+1. The SMILES string of the molecule is [C-]#[N+]c1ccc2c3ccc(C)c4c3n(c2c1)c1cc(-c2c(C(C)C)cc(C(C)C)cc2C(C)C)cc2cc[n+](C)c4c21. The largest absolute Gasteiger partial charge is 0.309 e. The van der Waals surface area contributed by atoms with Gasteiger partial charge in [0.05, 0.1) is 28.4 Å². The number of pyridine rings is 2. The predicted molar refractivity (Wildman–Crippen MR) is 178 cm³/mol. The number of hydrogen-bond acceptors (Lipinski definition) is 0. The molecule has 0 aliphatic heterocycles. The lowest BCUT2D eigenvalue weighted by atomic mass is 9.81. The Kier molecular flexibility index (Phi) is 5.86. The molecule has 3 nitrogen and oxygen atoms in total. The van der Waals surface area contributed by atoms with Gasteiger partial charge in [0.25, 0.3) is 0 Å². The molecule has 0 unspecified atom stereocenters. The Morgan fingerprint density at radius 2 is 1.43 bits per heavy atom. The van der Waals surface area contributed by atoms with E-state index in [4.69, 9.17) is 6.57 Å². The highest BCUT2D eigenvalue weighted by Gasteiger charge is 2.26. The second kappa shape index (κ2) is 9.30. The first-order valence-electron chi connectivity index (χ1n) is 15.2. The van der Waals surface area contributed by atoms with Crippen LogP contribution < -0.4 is 4.57 Å². The van der Waals surface area contributed by atoms with Crippen LogP contribution in [0.4, 0.5) is 5.69 Å². The summed E-state index contributed by atoms with van der Waals surface area (Å²) in [4.78, 5) is 3.81. The molecule has 42 heavy (non-hydrogen) atoms. The maximum absolute atomic E-state index is 7.76. The zero-order chi connectivity index (χ0) is 29.6. The third-order valence-electron chi connectivity index (χ3n) is 9.37. The average Bonchev–Trinajstić information content (AvgIpc) is 3.30. The Morgan fingerprint density at radius 3 is 2.07 bits per heavy atom. The number of fused-ring (bicyclic) bond motifs is 5. The lowest BCUT2D eigenvalue weighted by molar-refractivity contribution is -0.643. The van der Waals surface area contributed by atoms with Gasteiger partial charge in [-0.1, -0.05) is 77.9 Å². The van der Waals surface area contributed by atoms with Crippen molar-refractivity contribution in [3.8, 4) is 11.1 Å². The van der Waals surface area contributed by atoms with Gasteiger partial charge in [0.1, 0.15) is 7.05 Å². The first-order valence-corrected chi connectivity index (χ1v) is 15.2. The molecule has 0 spiro atoms. The normalized spacial score (nSPS) is 12.4. The van der Waals surface area contributed by atoms with Gasteiger partial charge in [-0.2, -0.15) is 0 Å². The fraction of sp³-hybridized carbons (Fsp3) is 0.282. The molecule has 0 radical (unpaired) electrons. The van der Waals surface area contributed by atoms with Crippen molar-refractivity contribution < 1.29 is 4.57 Å². The van der Waals surface area contributed by atoms with Crippen LogP contribution in [0.3, 0.4) is 0 Å². The van der Waals surface area contributed by atoms with E-state index >= 15 is 0 Å². The van der Waals surface area contributed by atoms with E-state index in [2.05, 4.69) is 130 Å². The highest BCUT2D eigenvalue weighted by molar-refractivity contribution is 6.26. The lowest BCUT2D eigenvalue weighted by Gasteiger charge is -2.24. The first kappa shape index (κ1) is 26.5. The summed E-state index contributed by atoms with van der Waals surface area (Å²) in [5.74, 6) is 1.28. The summed E-state index contributed by atoms with van der Waals surface area (Å²) in [7, 11) is 2.17. The van der Waals surface area contributed by atoms with Crippen molar-refractivity contribution in [2.24, 2.45) is 7.05 Å². The molecule has 0 aliphatic rings. The van der Waals surface area contributed by atoms with Crippen LogP contribution in [0, 0.1) is 13.5 Å². The molecular formula is C39H38N3+. The molecule has 0 saturated heterocycles. The minimum Gasteiger partial charge on any atom is -0.309 e. The van der Waals surface area contributed by atoms with Gasteiger partial charge in [-0.3, -0.25) is 0 Å². The van der Waals surface area contributed by atoms with Gasteiger partial charge in [0, 0.05) is 22.4 Å². The number of rotatable bonds is 4. The Hall–Kier alpha value is -4.42. The van der Waals surface area contributed by atoms with E-state index < -0.39 is 0 Å². The molecule has 0 aliphatic carbocycles. The first-order chi connectivity index (χ1) is 20.1. The Bertz CT molecular complexity index is 2220. The van der Waals surface area contributed by atoms with Crippen LogP contribution in [0.15, 0.2) is 66.9 Å².